The normalized spacial score (nSPS) is 17.2. The van der Waals surface area contributed by atoms with E-state index in [2.05, 4.69) is 5.32 Å². The number of rotatable bonds is 10. The highest BCUT2D eigenvalue weighted by molar-refractivity contribution is 5.92. The maximum atomic E-state index is 13.6. The van der Waals surface area contributed by atoms with Crippen LogP contribution >= 0.6 is 0 Å². The summed E-state index contributed by atoms with van der Waals surface area (Å²) in [5.41, 5.74) is 8.52. The zero-order chi connectivity index (χ0) is 30.2. The van der Waals surface area contributed by atoms with Crippen LogP contribution in [0, 0.1) is 17.6 Å². The Morgan fingerprint density at radius 3 is 2.00 bits per heavy atom. The van der Waals surface area contributed by atoms with E-state index in [1.165, 1.54) is 36.4 Å². The van der Waals surface area contributed by atoms with E-state index in [0.717, 1.165) is 30.4 Å². The van der Waals surface area contributed by atoms with Gasteiger partial charge in [0, 0.05) is 24.7 Å². The Kier molecular flexibility index (Phi) is 10.3. The molecule has 1 aliphatic carbocycles. The lowest BCUT2D eigenvalue weighted by Gasteiger charge is -2.32. The molecule has 0 heterocycles. The van der Waals surface area contributed by atoms with Crippen molar-refractivity contribution in [1.82, 2.24) is 10.2 Å². The van der Waals surface area contributed by atoms with Gasteiger partial charge >= 0.3 is 6.03 Å². The van der Waals surface area contributed by atoms with Crippen molar-refractivity contribution in [2.24, 2.45) is 11.7 Å². The summed E-state index contributed by atoms with van der Waals surface area (Å²) in [6.45, 7) is 5.24. The summed E-state index contributed by atoms with van der Waals surface area (Å²) in [6.07, 6.45) is 3.36. The molecular formula is C33H38F2N4O3. The van der Waals surface area contributed by atoms with Gasteiger partial charge in [0.25, 0.3) is 0 Å². The van der Waals surface area contributed by atoms with Crippen LogP contribution in [0.4, 0.5) is 19.3 Å². The maximum absolute atomic E-state index is 13.6. The fourth-order valence-electron chi connectivity index (χ4n) is 5.67. The van der Waals surface area contributed by atoms with Crippen LogP contribution in [0.15, 0.2) is 72.8 Å². The third-order valence-corrected chi connectivity index (χ3v) is 8.03. The van der Waals surface area contributed by atoms with Crippen LogP contribution < -0.4 is 16.0 Å². The molecule has 42 heavy (non-hydrogen) atoms. The highest BCUT2D eigenvalue weighted by Crippen LogP contribution is 2.38. The molecule has 1 aliphatic rings. The molecule has 1 fully saturated rings. The Hall–Kier alpha value is -4.27. The zero-order valence-electron chi connectivity index (χ0n) is 24.1. The van der Waals surface area contributed by atoms with Crippen molar-refractivity contribution >= 4 is 23.5 Å². The molecule has 0 spiro atoms. The number of hydrogen-bond acceptors (Lipinski definition) is 3. The molecule has 4 rings (SSSR count). The fourth-order valence-corrected chi connectivity index (χ4v) is 5.67. The van der Waals surface area contributed by atoms with Gasteiger partial charge in [0.15, 0.2) is 0 Å². The lowest BCUT2D eigenvalue weighted by atomic mass is 9.74. The topological polar surface area (TPSA) is 95.7 Å². The third-order valence-electron chi connectivity index (χ3n) is 8.03. The summed E-state index contributed by atoms with van der Waals surface area (Å²) >= 11 is 0. The van der Waals surface area contributed by atoms with Crippen LogP contribution in [0.3, 0.4) is 0 Å². The maximum Gasteiger partial charge on any atom is 0.324 e. The molecule has 0 bridgehead atoms. The highest BCUT2D eigenvalue weighted by Gasteiger charge is 2.34. The van der Waals surface area contributed by atoms with Crippen molar-refractivity contribution in [2.45, 2.75) is 58.0 Å². The number of nitrogens with one attached hydrogen (secondary N) is 1. The largest absolute Gasteiger partial charge is 0.368 e. The monoisotopic (exact) mass is 576 g/mol. The Balaban J connectivity index is 1.52. The first kappa shape index (κ1) is 30.7. The number of urea groups is 1. The molecule has 3 atom stereocenters. The van der Waals surface area contributed by atoms with E-state index in [1.54, 1.807) is 21.9 Å². The number of nitrogens with two attached hydrogens (primary N) is 1. The van der Waals surface area contributed by atoms with E-state index in [9.17, 15) is 23.2 Å². The molecule has 3 N–H and O–H groups in total. The van der Waals surface area contributed by atoms with Crippen molar-refractivity contribution in [1.29, 1.82) is 0 Å². The number of hydrogen-bond donors (Lipinski definition) is 2. The van der Waals surface area contributed by atoms with Crippen LogP contribution in [0.25, 0.3) is 0 Å². The average Bonchev–Trinajstić information content (AvgIpc) is 3.00. The molecular weight excluding hydrogens is 538 g/mol. The van der Waals surface area contributed by atoms with E-state index in [1.807, 2.05) is 38.1 Å². The van der Waals surface area contributed by atoms with Crippen molar-refractivity contribution in [3.05, 3.63) is 101 Å². The molecule has 1 saturated carbocycles. The van der Waals surface area contributed by atoms with E-state index < -0.39 is 17.8 Å². The summed E-state index contributed by atoms with van der Waals surface area (Å²) in [7, 11) is 0. The Morgan fingerprint density at radius 1 is 0.857 bits per heavy atom. The second-order valence-corrected chi connectivity index (χ2v) is 10.7. The number of carbonyl (C=O) groups is 3. The second-order valence-electron chi connectivity index (χ2n) is 10.7. The Morgan fingerprint density at radius 2 is 1.43 bits per heavy atom. The van der Waals surface area contributed by atoms with Gasteiger partial charge in [-0.15, -0.1) is 0 Å². The van der Waals surface area contributed by atoms with Crippen LogP contribution in [0.2, 0.25) is 0 Å². The number of nitrogens with zero attached hydrogens (tertiary/aromatic N) is 2. The van der Waals surface area contributed by atoms with Gasteiger partial charge in [0.2, 0.25) is 11.8 Å². The Labute approximate surface area is 245 Å². The standard InChI is InChI=1S/C33H38F2N4O3/c1-3-38(4-2)33(42)39(27-19-17-26(35)18-20-27)21-22-9-11-23(12-10-22)28-7-5-6-8-29(28)32(41)37-30(31(36)40)24-13-15-25(34)16-14-24/h9-20,28-30H,3-8,21H2,1-2H3,(H2,36,40)(H,37,41)/t28-,29+,30-/m0/s1. The van der Waals surface area contributed by atoms with Gasteiger partial charge in [-0.3, -0.25) is 14.5 Å². The van der Waals surface area contributed by atoms with Crippen LogP contribution in [-0.2, 0) is 16.1 Å². The number of anilines is 1. The van der Waals surface area contributed by atoms with Crippen molar-refractivity contribution in [3.63, 3.8) is 0 Å². The van der Waals surface area contributed by atoms with E-state index in [-0.39, 0.29) is 29.6 Å². The van der Waals surface area contributed by atoms with Crippen molar-refractivity contribution in [3.8, 4) is 0 Å². The first-order valence-electron chi connectivity index (χ1n) is 14.5. The molecule has 7 nitrogen and oxygen atoms in total. The molecule has 0 aliphatic heterocycles. The van der Waals surface area contributed by atoms with Crippen LogP contribution in [0.5, 0.6) is 0 Å². The molecule has 0 radical (unpaired) electrons. The summed E-state index contributed by atoms with van der Waals surface area (Å²) in [5, 5.41) is 2.80. The SMILES string of the molecule is CCN(CC)C(=O)N(Cc1ccc([C@@H]2CCCC[C@H]2C(=O)N[C@H](C(N)=O)c2ccc(F)cc2)cc1)c1ccc(F)cc1. The fraction of sp³-hybridized carbons (Fsp3) is 0.364. The van der Waals surface area contributed by atoms with Gasteiger partial charge in [-0.25, -0.2) is 13.6 Å². The minimum absolute atomic E-state index is 0.0555. The summed E-state index contributed by atoms with van der Waals surface area (Å²) in [6, 6.07) is 17.9. The van der Waals surface area contributed by atoms with Gasteiger partial charge in [-0.05, 0) is 85.7 Å². The van der Waals surface area contributed by atoms with Crippen LogP contribution in [-0.4, -0.2) is 35.8 Å². The zero-order valence-corrected chi connectivity index (χ0v) is 24.1. The van der Waals surface area contributed by atoms with Gasteiger partial charge in [-0.1, -0.05) is 49.2 Å². The molecule has 0 unspecified atom stereocenters. The summed E-state index contributed by atoms with van der Waals surface area (Å²) < 4.78 is 27.0. The third kappa shape index (κ3) is 7.32. The van der Waals surface area contributed by atoms with E-state index in [0.29, 0.717) is 37.3 Å². The van der Waals surface area contributed by atoms with Crippen LogP contribution in [0.1, 0.15) is 68.2 Å². The number of primary amides is 1. The molecule has 0 saturated heterocycles. The van der Waals surface area contributed by atoms with E-state index >= 15 is 0 Å². The number of amides is 4. The lowest BCUT2D eigenvalue weighted by Crippen LogP contribution is -2.43. The first-order valence-corrected chi connectivity index (χ1v) is 14.5. The van der Waals surface area contributed by atoms with Gasteiger partial charge in [-0.2, -0.15) is 0 Å². The predicted octanol–water partition coefficient (Wildman–Crippen LogP) is 6.05. The van der Waals surface area contributed by atoms with Crippen molar-refractivity contribution < 1.29 is 23.2 Å². The summed E-state index contributed by atoms with van der Waals surface area (Å²) in [5.74, 6) is -2.20. The minimum atomic E-state index is -1.05. The summed E-state index contributed by atoms with van der Waals surface area (Å²) in [4.78, 5) is 42.3. The molecule has 4 amide bonds. The number of benzene rings is 3. The minimum Gasteiger partial charge on any atom is -0.368 e. The number of carbonyl (C=O) groups excluding carboxylic acids is 3. The molecule has 0 aromatic heterocycles. The van der Waals surface area contributed by atoms with Gasteiger partial charge in [0.05, 0.1) is 6.54 Å². The lowest BCUT2D eigenvalue weighted by molar-refractivity contribution is -0.131. The highest BCUT2D eigenvalue weighted by atomic mass is 19.1. The van der Waals surface area contributed by atoms with Gasteiger partial charge < -0.3 is 16.0 Å². The second kappa shape index (κ2) is 14.1. The molecule has 3 aromatic carbocycles. The molecule has 9 heteroatoms. The molecule has 222 valence electrons. The number of halogens is 2. The van der Waals surface area contributed by atoms with E-state index in [4.69, 9.17) is 5.73 Å². The first-order chi connectivity index (χ1) is 20.2. The average molecular weight is 577 g/mol. The predicted molar refractivity (Wildman–Crippen MR) is 159 cm³/mol. The quantitative estimate of drug-likeness (QED) is 0.308. The van der Waals surface area contributed by atoms with Crippen molar-refractivity contribution in [2.75, 3.05) is 18.0 Å². The smallest absolute Gasteiger partial charge is 0.324 e. The van der Waals surface area contributed by atoms with Gasteiger partial charge in [0.1, 0.15) is 17.7 Å². The Bertz CT molecular complexity index is 1360. The molecule has 3 aromatic rings.